The first-order valence-corrected chi connectivity index (χ1v) is 8.22. The second-order valence-electron chi connectivity index (χ2n) is 5.67. The second kappa shape index (κ2) is 3.73. The summed E-state index contributed by atoms with van der Waals surface area (Å²) in [6.45, 7) is 4.97. The molecule has 0 spiro atoms. The van der Waals surface area contributed by atoms with E-state index in [1.165, 1.54) is 30.8 Å². The van der Waals surface area contributed by atoms with Crippen LogP contribution >= 0.6 is 23.5 Å². The van der Waals surface area contributed by atoms with Gasteiger partial charge in [-0.05, 0) is 53.6 Å². The minimum Gasteiger partial charge on any atom is -0.143 e. The quantitative estimate of drug-likeness (QED) is 0.631. The highest BCUT2D eigenvalue weighted by Crippen LogP contribution is 2.61. The van der Waals surface area contributed by atoms with Crippen molar-refractivity contribution in [1.82, 2.24) is 0 Å². The van der Waals surface area contributed by atoms with Gasteiger partial charge in [0, 0.05) is 0 Å². The van der Waals surface area contributed by atoms with E-state index in [1.54, 1.807) is 5.57 Å². The number of rotatable bonds is 1. The first-order chi connectivity index (χ1) is 7.19. The van der Waals surface area contributed by atoms with E-state index in [1.807, 2.05) is 0 Å². The first kappa shape index (κ1) is 10.6. The Bertz CT molecular complexity index is 287. The molecule has 15 heavy (non-hydrogen) atoms. The number of fused-ring (bicyclic) bond motifs is 1. The van der Waals surface area contributed by atoms with Gasteiger partial charge >= 0.3 is 0 Å². The zero-order chi connectivity index (χ0) is 10.5. The maximum absolute atomic E-state index is 2.58. The van der Waals surface area contributed by atoms with Gasteiger partial charge in [-0.2, -0.15) is 0 Å². The molecule has 0 amide bonds. The number of hydrogen-bond donors (Lipinski definition) is 0. The summed E-state index contributed by atoms with van der Waals surface area (Å²) in [5.74, 6) is 4.67. The fraction of sp³-hybridized carbons (Fsp3) is 0.846. The molecule has 4 rings (SSSR count). The van der Waals surface area contributed by atoms with Crippen molar-refractivity contribution in [2.75, 3.05) is 11.5 Å². The van der Waals surface area contributed by atoms with Crippen LogP contribution < -0.4 is 0 Å². The van der Waals surface area contributed by atoms with Crippen molar-refractivity contribution < 1.29 is 0 Å². The van der Waals surface area contributed by atoms with E-state index < -0.39 is 0 Å². The lowest BCUT2D eigenvalue weighted by atomic mass is 9.49. The largest absolute Gasteiger partial charge is 0.143 e. The summed E-state index contributed by atoms with van der Waals surface area (Å²) in [6, 6.07) is 0. The lowest BCUT2D eigenvalue weighted by Gasteiger charge is -2.57. The van der Waals surface area contributed by atoms with E-state index in [-0.39, 0.29) is 0 Å². The zero-order valence-corrected chi connectivity index (χ0v) is 11.3. The molecule has 0 aromatic carbocycles. The predicted octanol–water partition coefficient (Wildman–Crippen LogP) is 4.18. The average molecular weight is 240 g/mol. The number of allylic oxidation sites excluding steroid dienone is 1. The summed E-state index contributed by atoms with van der Waals surface area (Å²) in [4.78, 5) is 0. The Morgan fingerprint density at radius 2 is 2.00 bits per heavy atom. The van der Waals surface area contributed by atoms with Crippen LogP contribution in [-0.4, -0.2) is 16.1 Å². The Labute approximate surface area is 102 Å². The van der Waals surface area contributed by atoms with Crippen LogP contribution in [0.2, 0.25) is 0 Å². The van der Waals surface area contributed by atoms with Crippen molar-refractivity contribution in [2.24, 2.45) is 17.3 Å². The molecule has 0 N–H and O–H groups in total. The highest BCUT2D eigenvalue weighted by molar-refractivity contribution is 8.17. The molecule has 2 unspecified atom stereocenters. The highest BCUT2D eigenvalue weighted by Gasteiger charge is 2.52. The number of thioether (sulfide) groups is 2. The molecule has 2 atom stereocenters. The lowest BCUT2D eigenvalue weighted by molar-refractivity contribution is -0.00602. The monoisotopic (exact) mass is 240 g/mol. The molecule has 4 aliphatic rings. The van der Waals surface area contributed by atoms with Crippen LogP contribution in [0, 0.1) is 17.3 Å². The normalized spacial score (nSPS) is 39.5. The predicted molar refractivity (Wildman–Crippen MR) is 71.4 cm³/mol. The van der Waals surface area contributed by atoms with Crippen molar-refractivity contribution in [3.8, 4) is 0 Å². The van der Waals surface area contributed by atoms with E-state index in [9.17, 15) is 0 Å². The molecule has 3 aliphatic carbocycles. The van der Waals surface area contributed by atoms with Gasteiger partial charge in [-0.3, -0.25) is 0 Å². The second-order valence-corrected chi connectivity index (χ2v) is 8.40. The summed E-state index contributed by atoms with van der Waals surface area (Å²) >= 11 is 4.39. The molecule has 1 heterocycles. The summed E-state index contributed by atoms with van der Waals surface area (Å²) in [7, 11) is 0. The van der Waals surface area contributed by atoms with Crippen LogP contribution in [0.5, 0.6) is 0 Å². The Morgan fingerprint density at radius 3 is 2.60 bits per heavy atom. The van der Waals surface area contributed by atoms with Gasteiger partial charge < -0.3 is 0 Å². The van der Waals surface area contributed by atoms with Crippen LogP contribution in [0.1, 0.15) is 33.1 Å². The van der Waals surface area contributed by atoms with Gasteiger partial charge in [0.15, 0.2) is 0 Å². The Kier molecular flexibility index (Phi) is 2.63. The molecular formula is C13H20S2. The zero-order valence-electron chi connectivity index (χ0n) is 9.66. The molecule has 1 aliphatic heterocycles. The summed E-state index contributed by atoms with van der Waals surface area (Å²) in [6.07, 6.45) is 6.84. The van der Waals surface area contributed by atoms with E-state index in [2.05, 4.69) is 43.4 Å². The summed E-state index contributed by atoms with van der Waals surface area (Å²) in [5.41, 5.74) is 2.42. The molecule has 0 radical (unpaired) electrons. The minimum absolute atomic E-state index is 0.614. The molecule has 2 heteroatoms. The standard InChI is InChI=1S/C13H20S2/c1-13(2)9-4-5-10(11(13)8-9)12-14-6-3-7-15-12/h5,9,11-12H,3-4,6-8H2,1-2H3. The molecule has 0 aromatic rings. The molecule has 84 valence electrons. The van der Waals surface area contributed by atoms with Crippen LogP contribution in [0.4, 0.5) is 0 Å². The third-order valence-electron chi connectivity index (χ3n) is 4.61. The Hall–Kier alpha value is 0.440. The maximum Gasteiger partial charge on any atom is 0.0714 e. The van der Waals surface area contributed by atoms with Gasteiger partial charge in [0.1, 0.15) is 0 Å². The van der Waals surface area contributed by atoms with Gasteiger partial charge in [0.25, 0.3) is 0 Å². The fourth-order valence-corrected chi connectivity index (χ4v) is 6.44. The van der Waals surface area contributed by atoms with E-state index in [0.717, 1.165) is 16.4 Å². The van der Waals surface area contributed by atoms with Gasteiger partial charge in [-0.15, -0.1) is 23.5 Å². The van der Waals surface area contributed by atoms with Crippen molar-refractivity contribution in [1.29, 1.82) is 0 Å². The van der Waals surface area contributed by atoms with E-state index >= 15 is 0 Å². The maximum atomic E-state index is 2.58. The smallest absolute Gasteiger partial charge is 0.0714 e. The average Bonchev–Trinajstić information content (AvgIpc) is 2.30. The Balaban J connectivity index is 1.78. The third kappa shape index (κ3) is 1.59. The van der Waals surface area contributed by atoms with Gasteiger partial charge in [0.2, 0.25) is 0 Å². The summed E-state index contributed by atoms with van der Waals surface area (Å²) < 4.78 is 0.810. The van der Waals surface area contributed by atoms with Crippen molar-refractivity contribution in [3.05, 3.63) is 11.6 Å². The van der Waals surface area contributed by atoms with E-state index in [4.69, 9.17) is 0 Å². The van der Waals surface area contributed by atoms with Gasteiger partial charge in [0.05, 0.1) is 4.58 Å². The highest BCUT2D eigenvalue weighted by atomic mass is 32.2. The fourth-order valence-electron chi connectivity index (χ4n) is 3.34. The van der Waals surface area contributed by atoms with E-state index in [0.29, 0.717) is 5.41 Å². The lowest BCUT2D eigenvalue weighted by Crippen LogP contribution is -2.49. The van der Waals surface area contributed by atoms with Crippen LogP contribution in [0.25, 0.3) is 0 Å². The van der Waals surface area contributed by atoms with Gasteiger partial charge in [-0.1, -0.05) is 19.9 Å². The van der Waals surface area contributed by atoms with Crippen LogP contribution in [0.15, 0.2) is 11.6 Å². The van der Waals surface area contributed by atoms with Crippen molar-refractivity contribution in [2.45, 2.75) is 37.7 Å². The molecule has 1 saturated heterocycles. The molecule has 1 saturated carbocycles. The Morgan fingerprint density at radius 1 is 1.27 bits per heavy atom. The molecular weight excluding hydrogens is 220 g/mol. The van der Waals surface area contributed by atoms with Crippen molar-refractivity contribution in [3.63, 3.8) is 0 Å². The molecule has 2 fully saturated rings. The third-order valence-corrected chi connectivity index (χ3v) is 7.63. The van der Waals surface area contributed by atoms with Crippen molar-refractivity contribution >= 4 is 23.5 Å². The minimum atomic E-state index is 0.614. The molecule has 0 nitrogen and oxygen atoms in total. The number of hydrogen-bond acceptors (Lipinski definition) is 2. The van der Waals surface area contributed by atoms with Gasteiger partial charge in [-0.25, -0.2) is 0 Å². The first-order valence-electron chi connectivity index (χ1n) is 6.13. The molecule has 2 bridgehead atoms. The summed E-state index contributed by atoms with van der Waals surface area (Å²) in [5, 5.41) is 0. The molecule has 0 aromatic heterocycles. The van der Waals surface area contributed by atoms with Crippen LogP contribution in [0.3, 0.4) is 0 Å². The van der Waals surface area contributed by atoms with Crippen LogP contribution in [-0.2, 0) is 0 Å². The topological polar surface area (TPSA) is 0 Å². The SMILES string of the molecule is CC1(C)C2CC=C(C3SCCCS3)C1C2.